The summed E-state index contributed by atoms with van der Waals surface area (Å²) in [6.45, 7) is 1.69. The van der Waals surface area contributed by atoms with Gasteiger partial charge in [-0.15, -0.1) is 0 Å². The number of nitrogens with zero attached hydrogens (tertiary/aromatic N) is 1. The zero-order valence-corrected chi connectivity index (χ0v) is 23.0. The third-order valence-electron chi connectivity index (χ3n) is 5.54. The van der Waals surface area contributed by atoms with Gasteiger partial charge < -0.3 is 14.8 Å². The monoisotopic (exact) mass is 572 g/mol. The first-order valence-corrected chi connectivity index (χ1v) is 13.1. The molecule has 0 spiro atoms. The molecular formula is C27H22Cl2N2O4S2. The lowest BCUT2D eigenvalue weighted by atomic mass is 10.1. The molecule has 0 saturated carbocycles. The second kappa shape index (κ2) is 12.0. The molecule has 1 fully saturated rings. The van der Waals surface area contributed by atoms with Crippen molar-refractivity contribution in [2.75, 3.05) is 19.0 Å². The topological polar surface area (TPSA) is 67.9 Å². The first kappa shape index (κ1) is 27.0. The summed E-state index contributed by atoms with van der Waals surface area (Å²) >= 11 is 18.8. The number of thioether (sulfide) groups is 1. The SMILES string of the molecule is COc1cc(/C=C2\SC(=S)N([C@@H](C)c3ccccc3)C2=O)ccc1OCC(=O)Nc1ccc(Cl)cc1Cl. The number of ether oxygens (including phenoxy) is 2. The highest BCUT2D eigenvalue weighted by molar-refractivity contribution is 8.26. The van der Waals surface area contributed by atoms with Crippen LogP contribution in [0, 0.1) is 0 Å². The standard InChI is InChI=1S/C27H22Cl2N2O4S2/c1-16(18-6-4-3-5-7-18)31-26(33)24(37-27(31)36)13-17-8-11-22(23(12-17)34-2)35-15-25(32)30-21-10-9-19(28)14-20(21)29/h3-14,16H,15H2,1-2H3,(H,30,32)/b24-13-/t16-/m0/s1. The van der Waals surface area contributed by atoms with Gasteiger partial charge in [0.25, 0.3) is 11.8 Å². The van der Waals surface area contributed by atoms with Crippen LogP contribution in [0.3, 0.4) is 0 Å². The molecule has 6 nitrogen and oxygen atoms in total. The molecule has 0 bridgehead atoms. The van der Waals surface area contributed by atoms with E-state index >= 15 is 0 Å². The summed E-state index contributed by atoms with van der Waals surface area (Å²) in [5, 5.41) is 3.47. The van der Waals surface area contributed by atoms with Gasteiger partial charge in [0, 0.05) is 5.02 Å². The van der Waals surface area contributed by atoms with Crippen molar-refractivity contribution in [1.29, 1.82) is 0 Å². The van der Waals surface area contributed by atoms with E-state index in [0.717, 1.165) is 11.1 Å². The highest BCUT2D eigenvalue weighted by Crippen LogP contribution is 2.39. The Bertz CT molecular complexity index is 1380. The maximum absolute atomic E-state index is 13.2. The van der Waals surface area contributed by atoms with Crippen LogP contribution in [0.25, 0.3) is 6.08 Å². The van der Waals surface area contributed by atoms with Crippen LogP contribution in [-0.4, -0.2) is 34.8 Å². The highest BCUT2D eigenvalue weighted by Gasteiger charge is 2.35. The summed E-state index contributed by atoms with van der Waals surface area (Å²) in [7, 11) is 1.50. The van der Waals surface area contributed by atoms with Crippen LogP contribution in [0.15, 0.2) is 71.6 Å². The van der Waals surface area contributed by atoms with Gasteiger partial charge in [-0.05, 0) is 54.5 Å². The Kier molecular flexibility index (Phi) is 8.76. The summed E-state index contributed by atoms with van der Waals surface area (Å²) in [5.41, 5.74) is 2.17. The van der Waals surface area contributed by atoms with E-state index in [1.165, 1.54) is 24.9 Å². The Labute approximate surface area is 234 Å². The largest absolute Gasteiger partial charge is 0.493 e. The lowest BCUT2D eigenvalue weighted by Crippen LogP contribution is -2.30. The Morgan fingerprint density at radius 1 is 1.11 bits per heavy atom. The minimum atomic E-state index is -0.397. The molecule has 0 aliphatic carbocycles. The highest BCUT2D eigenvalue weighted by atomic mass is 35.5. The van der Waals surface area contributed by atoms with E-state index in [0.29, 0.717) is 36.5 Å². The average molecular weight is 574 g/mol. The van der Waals surface area contributed by atoms with Gasteiger partial charge in [0.2, 0.25) is 0 Å². The van der Waals surface area contributed by atoms with Crippen LogP contribution in [0.4, 0.5) is 5.69 Å². The van der Waals surface area contributed by atoms with Gasteiger partial charge in [0.05, 0.1) is 28.8 Å². The van der Waals surface area contributed by atoms with Crippen LogP contribution in [0.1, 0.15) is 24.1 Å². The molecule has 1 atom stereocenters. The second-order valence-corrected chi connectivity index (χ2v) is 10.5. The fraction of sp³-hybridized carbons (Fsp3) is 0.148. The lowest BCUT2D eigenvalue weighted by molar-refractivity contribution is -0.123. The van der Waals surface area contributed by atoms with Crippen molar-refractivity contribution >= 4 is 75.1 Å². The van der Waals surface area contributed by atoms with Crippen LogP contribution in [-0.2, 0) is 9.59 Å². The van der Waals surface area contributed by atoms with Crippen LogP contribution in [0.5, 0.6) is 11.5 Å². The summed E-state index contributed by atoms with van der Waals surface area (Å²) in [6.07, 6.45) is 1.76. The van der Waals surface area contributed by atoms with Gasteiger partial charge in [-0.3, -0.25) is 14.5 Å². The van der Waals surface area contributed by atoms with Gasteiger partial charge >= 0.3 is 0 Å². The molecule has 190 valence electrons. The van der Waals surface area contributed by atoms with Crippen molar-refractivity contribution in [3.05, 3.63) is 92.8 Å². The number of amides is 2. The van der Waals surface area contributed by atoms with Crippen LogP contribution >= 0.6 is 47.2 Å². The molecule has 0 unspecified atom stereocenters. The Morgan fingerprint density at radius 3 is 2.57 bits per heavy atom. The molecule has 2 amide bonds. The second-order valence-electron chi connectivity index (χ2n) is 8.01. The summed E-state index contributed by atoms with van der Waals surface area (Å²) < 4.78 is 11.6. The molecule has 37 heavy (non-hydrogen) atoms. The quantitative estimate of drug-likeness (QED) is 0.232. The maximum atomic E-state index is 13.2. The van der Waals surface area contributed by atoms with Crippen molar-refractivity contribution in [1.82, 2.24) is 4.90 Å². The zero-order chi connectivity index (χ0) is 26.5. The van der Waals surface area contributed by atoms with E-state index in [1.807, 2.05) is 37.3 Å². The van der Waals surface area contributed by atoms with E-state index in [4.69, 9.17) is 44.9 Å². The third kappa shape index (κ3) is 6.45. The minimum absolute atomic E-state index is 0.150. The summed E-state index contributed by atoms with van der Waals surface area (Å²) in [4.78, 5) is 27.6. The number of methoxy groups -OCH3 is 1. The molecular weight excluding hydrogens is 551 g/mol. The lowest BCUT2D eigenvalue weighted by Gasteiger charge is -2.23. The third-order valence-corrected chi connectivity index (χ3v) is 7.42. The minimum Gasteiger partial charge on any atom is -0.493 e. The van der Waals surface area contributed by atoms with E-state index in [9.17, 15) is 9.59 Å². The predicted molar refractivity (Wildman–Crippen MR) is 153 cm³/mol. The first-order chi connectivity index (χ1) is 17.8. The predicted octanol–water partition coefficient (Wildman–Crippen LogP) is 6.98. The average Bonchev–Trinajstić information content (AvgIpc) is 3.17. The van der Waals surface area contributed by atoms with E-state index < -0.39 is 5.91 Å². The number of thiocarbonyl (C=S) groups is 1. The van der Waals surface area contributed by atoms with Crippen LogP contribution < -0.4 is 14.8 Å². The number of nitrogens with one attached hydrogen (secondary N) is 1. The number of hydrogen-bond donors (Lipinski definition) is 1. The van der Waals surface area contributed by atoms with Gasteiger partial charge in [0.15, 0.2) is 18.1 Å². The molecule has 0 aromatic heterocycles. The molecule has 1 N–H and O–H groups in total. The number of anilines is 1. The normalized spacial score (nSPS) is 15.1. The molecule has 10 heteroatoms. The molecule has 1 heterocycles. The van der Waals surface area contributed by atoms with Gasteiger partial charge in [-0.1, -0.05) is 83.6 Å². The summed E-state index contributed by atoms with van der Waals surface area (Å²) in [6, 6.07) is 19.5. The number of hydrogen-bond acceptors (Lipinski definition) is 6. The van der Waals surface area contributed by atoms with Crippen molar-refractivity contribution in [2.45, 2.75) is 13.0 Å². The fourth-order valence-corrected chi connectivity index (χ4v) is 5.53. The molecule has 4 rings (SSSR count). The van der Waals surface area contributed by atoms with Crippen molar-refractivity contribution < 1.29 is 19.1 Å². The molecule has 3 aromatic carbocycles. The Hall–Kier alpha value is -3.04. The van der Waals surface area contributed by atoms with E-state index in [2.05, 4.69) is 5.32 Å². The molecule has 1 aliphatic heterocycles. The summed E-state index contributed by atoms with van der Waals surface area (Å²) in [5.74, 6) is 0.246. The number of carbonyl (C=O) groups excluding carboxylic acids is 2. The zero-order valence-electron chi connectivity index (χ0n) is 19.9. The fourth-order valence-electron chi connectivity index (χ4n) is 3.66. The van der Waals surface area contributed by atoms with Crippen molar-refractivity contribution in [3.8, 4) is 11.5 Å². The van der Waals surface area contributed by atoms with Gasteiger partial charge in [-0.2, -0.15) is 0 Å². The number of rotatable bonds is 8. The Morgan fingerprint density at radius 2 is 1.86 bits per heavy atom. The first-order valence-electron chi connectivity index (χ1n) is 11.1. The number of benzene rings is 3. The Balaban J connectivity index is 1.44. The van der Waals surface area contributed by atoms with E-state index in [-0.39, 0.29) is 18.6 Å². The number of carbonyl (C=O) groups is 2. The molecule has 1 saturated heterocycles. The molecule has 1 aliphatic rings. The van der Waals surface area contributed by atoms with Crippen molar-refractivity contribution in [2.24, 2.45) is 0 Å². The van der Waals surface area contributed by atoms with Crippen molar-refractivity contribution in [3.63, 3.8) is 0 Å². The van der Waals surface area contributed by atoms with E-state index in [1.54, 1.807) is 41.3 Å². The maximum Gasteiger partial charge on any atom is 0.266 e. The molecule has 3 aromatic rings. The van der Waals surface area contributed by atoms with Crippen LogP contribution in [0.2, 0.25) is 10.0 Å². The number of halogens is 2. The molecule has 0 radical (unpaired) electrons. The van der Waals surface area contributed by atoms with Gasteiger partial charge in [0.1, 0.15) is 4.32 Å². The smallest absolute Gasteiger partial charge is 0.266 e. The van der Waals surface area contributed by atoms with Gasteiger partial charge in [-0.25, -0.2) is 0 Å².